The van der Waals surface area contributed by atoms with Crippen LogP contribution in [0.15, 0.2) is 30.9 Å². The van der Waals surface area contributed by atoms with E-state index < -0.39 is 0 Å². The fourth-order valence-electron chi connectivity index (χ4n) is 3.59. The lowest BCUT2D eigenvalue weighted by Gasteiger charge is -2.33. The number of hydrogen-bond donors (Lipinski definition) is 1. The summed E-state index contributed by atoms with van der Waals surface area (Å²) in [5.41, 5.74) is 2.26. The lowest BCUT2D eigenvalue weighted by atomic mass is 9.96. The number of carbonyl (C=O) groups excluding carboxylic acids is 2. The minimum Gasteiger partial charge on any atom is -0.493 e. The third-order valence-electron chi connectivity index (χ3n) is 4.95. The molecule has 134 valence electrons. The van der Waals surface area contributed by atoms with E-state index in [1.165, 1.54) is 11.6 Å². The standard InChI is InChI=1S/C20H26N2O3/c1-2-19(23)21-13-16-5-3-9-22(14-16)20(24)12-15-7-8-18-17(11-15)6-4-10-25-18/h2,7-8,11,16H,1,3-6,9-10,12-14H2,(H,21,23)/t16-/m1/s1. The predicted octanol–water partition coefficient (Wildman–Crippen LogP) is 2.09. The third kappa shape index (κ3) is 4.62. The Kier molecular flexibility index (Phi) is 5.74. The summed E-state index contributed by atoms with van der Waals surface area (Å²) in [5.74, 6) is 1.29. The Morgan fingerprint density at radius 1 is 1.36 bits per heavy atom. The van der Waals surface area contributed by atoms with E-state index in [9.17, 15) is 9.59 Å². The Labute approximate surface area is 149 Å². The number of amides is 2. The fourth-order valence-corrected chi connectivity index (χ4v) is 3.59. The summed E-state index contributed by atoms with van der Waals surface area (Å²) < 4.78 is 5.63. The lowest BCUT2D eigenvalue weighted by Crippen LogP contribution is -2.44. The van der Waals surface area contributed by atoms with Crippen LogP contribution in [-0.4, -0.2) is 43.0 Å². The molecule has 0 spiro atoms. The van der Waals surface area contributed by atoms with E-state index in [0.717, 1.165) is 50.1 Å². The van der Waals surface area contributed by atoms with E-state index >= 15 is 0 Å². The third-order valence-corrected chi connectivity index (χ3v) is 4.95. The molecule has 3 rings (SSSR count). The van der Waals surface area contributed by atoms with Crippen molar-refractivity contribution in [3.63, 3.8) is 0 Å². The summed E-state index contributed by atoms with van der Waals surface area (Å²) in [6.07, 6.45) is 5.79. The monoisotopic (exact) mass is 342 g/mol. The van der Waals surface area contributed by atoms with Gasteiger partial charge < -0.3 is 15.0 Å². The quantitative estimate of drug-likeness (QED) is 0.834. The number of likely N-dealkylation sites (tertiary alicyclic amines) is 1. The Hall–Kier alpha value is -2.30. The molecular formula is C20H26N2O3. The van der Waals surface area contributed by atoms with Crippen LogP contribution in [0.2, 0.25) is 0 Å². The van der Waals surface area contributed by atoms with Gasteiger partial charge in [-0.3, -0.25) is 9.59 Å². The summed E-state index contributed by atoms with van der Waals surface area (Å²) in [6, 6.07) is 6.09. The maximum atomic E-state index is 12.7. The van der Waals surface area contributed by atoms with E-state index in [0.29, 0.717) is 25.4 Å². The van der Waals surface area contributed by atoms with Gasteiger partial charge in [-0.25, -0.2) is 0 Å². The second kappa shape index (κ2) is 8.19. The molecule has 0 aromatic heterocycles. The van der Waals surface area contributed by atoms with Crippen LogP contribution in [-0.2, 0) is 22.4 Å². The SMILES string of the molecule is C=CC(=O)NC[C@H]1CCCN(C(=O)Cc2ccc3c(c2)CCCO3)C1. The zero-order valence-electron chi connectivity index (χ0n) is 14.6. The molecule has 25 heavy (non-hydrogen) atoms. The Bertz CT molecular complexity index is 656. The molecule has 0 radical (unpaired) electrons. The Morgan fingerprint density at radius 2 is 2.24 bits per heavy atom. The molecule has 0 aliphatic carbocycles. The van der Waals surface area contributed by atoms with Crippen molar-refractivity contribution in [3.05, 3.63) is 42.0 Å². The normalized spacial score (nSPS) is 19.5. The van der Waals surface area contributed by atoms with Gasteiger partial charge in [-0.1, -0.05) is 18.7 Å². The van der Waals surface area contributed by atoms with Crippen molar-refractivity contribution in [2.24, 2.45) is 5.92 Å². The highest BCUT2D eigenvalue weighted by molar-refractivity contribution is 5.86. The smallest absolute Gasteiger partial charge is 0.243 e. The van der Waals surface area contributed by atoms with Crippen LogP contribution in [0.25, 0.3) is 0 Å². The average molecular weight is 342 g/mol. The van der Waals surface area contributed by atoms with Crippen molar-refractivity contribution in [1.82, 2.24) is 10.2 Å². The van der Waals surface area contributed by atoms with E-state index in [-0.39, 0.29) is 11.8 Å². The van der Waals surface area contributed by atoms with Crippen molar-refractivity contribution < 1.29 is 14.3 Å². The summed E-state index contributed by atoms with van der Waals surface area (Å²) >= 11 is 0. The van der Waals surface area contributed by atoms with Crippen molar-refractivity contribution in [2.45, 2.75) is 32.1 Å². The Balaban J connectivity index is 1.55. The zero-order chi connectivity index (χ0) is 17.6. The van der Waals surface area contributed by atoms with Crippen LogP contribution in [0, 0.1) is 5.92 Å². The molecule has 1 atom stereocenters. The van der Waals surface area contributed by atoms with Gasteiger partial charge in [0.05, 0.1) is 13.0 Å². The molecule has 2 aliphatic rings. The van der Waals surface area contributed by atoms with Gasteiger partial charge in [0.1, 0.15) is 5.75 Å². The van der Waals surface area contributed by atoms with Crippen LogP contribution in [0.3, 0.4) is 0 Å². The fraction of sp³-hybridized carbons (Fsp3) is 0.500. The number of nitrogens with zero attached hydrogens (tertiary/aromatic N) is 1. The first-order valence-electron chi connectivity index (χ1n) is 9.08. The van der Waals surface area contributed by atoms with Crippen molar-refractivity contribution in [2.75, 3.05) is 26.2 Å². The second-order valence-electron chi connectivity index (χ2n) is 6.87. The predicted molar refractivity (Wildman–Crippen MR) is 96.5 cm³/mol. The first kappa shape index (κ1) is 17.5. The van der Waals surface area contributed by atoms with Crippen LogP contribution >= 0.6 is 0 Å². The molecule has 2 heterocycles. The summed E-state index contributed by atoms with van der Waals surface area (Å²) in [6.45, 7) is 6.36. The van der Waals surface area contributed by atoms with Crippen molar-refractivity contribution in [1.29, 1.82) is 0 Å². The largest absolute Gasteiger partial charge is 0.493 e. The molecule has 5 nitrogen and oxygen atoms in total. The maximum absolute atomic E-state index is 12.7. The first-order valence-corrected chi connectivity index (χ1v) is 9.08. The molecule has 5 heteroatoms. The molecule has 1 N–H and O–H groups in total. The number of carbonyl (C=O) groups is 2. The van der Waals surface area contributed by atoms with Crippen LogP contribution < -0.4 is 10.1 Å². The second-order valence-corrected chi connectivity index (χ2v) is 6.87. The van der Waals surface area contributed by atoms with E-state index in [1.807, 2.05) is 17.0 Å². The molecule has 0 bridgehead atoms. The number of benzene rings is 1. The van der Waals surface area contributed by atoms with Crippen molar-refractivity contribution in [3.8, 4) is 5.75 Å². The molecule has 1 fully saturated rings. The van der Waals surface area contributed by atoms with E-state index in [1.54, 1.807) is 0 Å². The summed E-state index contributed by atoms with van der Waals surface area (Å²) in [5, 5.41) is 2.84. The van der Waals surface area contributed by atoms with Gasteiger partial charge in [-0.2, -0.15) is 0 Å². The van der Waals surface area contributed by atoms with E-state index in [4.69, 9.17) is 4.74 Å². The minimum absolute atomic E-state index is 0.153. The molecule has 1 saturated heterocycles. The number of fused-ring (bicyclic) bond motifs is 1. The topological polar surface area (TPSA) is 58.6 Å². The number of piperidine rings is 1. The molecule has 1 aromatic carbocycles. The first-order chi connectivity index (χ1) is 12.2. The molecule has 0 unspecified atom stereocenters. The van der Waals surface area contributed by atoms with Gasteiger partial charge in [0.15, 0.2) is 0 Å². The molecule has 2 amide bonds. The lowest BCUT2D eigenvalue weighted by molar-refractivity contribution is -0.132. The van der Waals surface area contributed by atoms with Crippen LogP contribution in [0.4, 0.5) is 0 Å². The van der Waals surface area contributed by atoms with E-state index in [2.05, 4.69) is 18.0 Å². The Morgan fingerprint density at radius 3 is 3.08 bits per heavy atom. The van der Waals surface area contributed by atoms with Crippen LogP contribution in [0.5, 0.6) is 5.75 Å². The molecule has 1 aromatic rings. The van der Waals surface area contributed by atoms with Gasteiger partial charge in [-0.05, 0) is 54.9 Å². The zero-order valence-corrected chi connectivity index (χ0v) is 14.6. The van der Waals surface area contributed by atoms with Crippen LogP contribution in [0.1, 0.15) is 30.4 Å². The number of hydrogen-bond acceptors (Lipinski definition) is 3. The number of ether oxygens (including phenoxy) is 1. The summed E-state index contributed by atoms with van der Waals surface area (Å²) in [4.78, 5) is 25.9. The van der Waals surface area contributed by atoms with Gasteiger partial charge >= 0.3 is 0 Å². The van der Waals surface area contributed by atoms with Crippen molar-refractivity contribution >= 4 is 11.8 Å². The van der Waals surface area contributed by atoms with Gasteiger partial charge in [0.25, 0.3) is 0 Å². The summed E-state index contributed by atoms with van der Waals surface area (Å²) in [7, 11) is 0. The van der Waals surface area contributed by atoms with Gasteiger partial charge in [0, 0.05) is 19.6 Å². The van der Waals surface area contributed by atoms with Gasteiger partial charge in [0.2, 0.25) is 11.8 Å². The molecule has 2 aliphatic heterocycles. The minimum atomic E-state index is -0.153. The molecule has 0 saturated carbocycles. The number of rotatable bonds is 5. The highest BCUT2D eigenvalue weighted by Crippen LogP contribution is 2.26. The highest BCUT2D eigenvalue weighted by Gasteiger charge is 2.24. The number of nitrogens with one attached hydrogen (secondary N) is 1. The average Bonchev–Trinajstić information content (AvgIpc) is 2.66. The maximum Gasteiger partial charge on any atom is 0.243 e. The van der Waals surface area contributed by atoms with Gasteiger partial charge in [-0.15, -0.1) is 0 Å². The molecular weight excluding hydrogens is 316 g/mol. The number of aryl methyl sites for hydroxylation is 1. The highest BCUT2D eigenvalue weighted by atomic mass is 16.5.